The maximum Gasteiger partial charge on any atom is 0.324 e. The Morgan fingerprint density at radius 1 is 1.41 bits per heavy atom. The minimum absolute atomic E-state index is 0.427. The van der Waals surface area contributed by atoms with Gasteiger partial charge in [0.15, 0.2) is 0 Å². The number of carboxylic acids is 1. The Bertz CT molecular complexity index is 287. The lowest BCUT2D eigenvalue weighted by molar-refractivity contribution is -0.145. The van der Waals surface area contributed by atoms with Gasteiger partial charge < -0.3 is 10.0 Å². The molecule has 0 aliphatic heterocycles. The fourth-order valence-electron chi connectivity index (χ4n) is 2.27. The van der Waals surface area contributed by atoms with Crippen LogP contribution in [-0.4, -0.2) is 47.2 Å². The van der Waals surface area contributed by atoms with Gasteiger partial charge in [-0.25, -0.2) is 0 Å². The summed E-state index contributed by atoms with van der Waals surface area (Å²) >= 11 is 0. The molecule has 2 N–H and O–H groups in total. The van der Waals surface area contributed by atoms with E-state index in [0.29, 0.717) is 12.6 Å². The molecular formula is C13H24N2O2. The lowest BCUT2D eigenvalue weighted by Crippen LogP contribution is -2.57. The molecule has 0 aromatic rings. The number of nitrogens with one attached hydrogen (secondary N) is 1. The van der Waals surface area contributed by atoms with Gasteiger partial charge in [0.1, 0.15) is 5.54 Å². The average molecular weight is 240 g/mol. The highest BCUT2D eigenvalue weighted by atomic mass is 16.4. The van der Waals surface area contributed by atoms with Crippen molar-refractivity contribution in [2.24, 2.45) is 5.92 Å². The number of hydrogen-bond acceptors (Lipinski definition) is 3. The van der Waals surface area contributed by atoms with E-state index in [1.165, 1.54) is 12.8 Å². The summed E-state index contributed by atoms with van der Waals surface area (Å²) in [5, 5.41) is 12.7. The second kappa shape index (κ2) is 4.94. The molecule has 4 nitrogen and oxygen atoms in total. The molecule has 0 radical (unpaired) electrons. The summed E-state index contributed by atoms with van der Waals surface area (Å²) < 4.78 is 0. The highest BCUT2D eigenvalue weighted by Gasteiger charge is 2.40. The molecule has 0 saturated heterocycles. The van der Waals surface area contributed by atoms with Gasteiger partial charge in [-0.3, -0.25) is 10.1 Å². The molecule has 0 aromatic heterocycles. The van der Waals surface area contributed by atoms with Crippen molar-refractivity contribution < 1.29 is 9.90 Å². The maximum absolute atomic E-state index is 11.4. The van der Waals surface area contributed by atoms with E-state index >= 15 is 0 Å². The zero-order valence-electron chi connectivity index (χ0n) is 10.9. The van der Waals surface area contributed by atoms with Crippen LogP contribution in [0.4, 0.5) is 0 Å². The summed E-state index contributed by atoms with van der Waals surface area (Å²) in [4.78, 5) is 13.7. The molecule has 2 fully saturated rings. The zero-order valence-corrected chi connectivity index (χ0v) is 10.9. The van der Waals surface area contributed by atoms with Crippen LogP contribution in [-0.2, 0) is 4.79 Å². The van der Waals surface area contributed by atoms with Crippen LogP contribution in [0, 0.1) is 5.92 Å². The Hall–Kier alpha value is -0.610. The smallest absolute Gasteiger partial charge is 0.324 e. The molecule has 0 amide bonds. The molecule has 4 heteroatoms. The van der Waals surface area contributed by atoms with Gasteiger partial charge in [-0.05, 0) is 45.1 Å². The Kier molecular flexibility index (Phi) is 3.73. The van der Waals surface area contributed by atoms with E-state index in [0.717, 1.165) is 31.8 Å². The third-order valence-corrected chi connectivity index (χ3v) is 3.77. The van der Waals surface area contributed by atoms with Gasteiger partial charge in [0.25, 0.3) is 0 Å². The van der Waals surface area contributed by atoms with Crippen molar-refractivity contribution >= 4 is 5.97 Å². The molecule has 0 bridgehead atoms. The van der Waals surface area contributed by atoms with Gasteiger partial charge >= 0.3 is 5.97 Å². The molecular weight excluding hydrogens is 216 g/mol. The van der Waals surface area contributed by atoms with Crippen molar-refractivity contribution in [2.45, 2.75) is 51.1 Å². The average Bonchev–Trinajstić information content (AvgIpc) is 3.12. The molecule has 1 atom stereocenters. The van der Waals surface area contributed by atoms with E-state index in [9.17, 15) is 9.90 Å². The van der Waals surface area contributed by atoms with Crippen molar-refractivity contribution in [3.05, 3.63) is 0 Å². The van der Waals surface area contributed by atoms with Crippen molar-refractivity contribution in [1.29, 1.82) is 0 Å². The first-order chi connectivity index (χ1) is 8.03. The first-order valence-corrected chi connectivity index (χ1v) is 6.77. The zero-order chi connectivity index (χ0) is 12.5. The summed E-state index contributed by atoms with van der Waals surface area (Å²) in [7, 11) is 0. The minimum Gasteiger partial charge on any atom is -0.480 e. The van der Waals surface area contributed by atoms with Gasteiger partial charge in [-0.1, -0.05) is 6.92 Å². The largest absolute Gasteiger partial charge is 0.480 e. The predicted molar refractivity (Wildman–Crippen MR) is 67.0 cm³/mol. The molecule has 0 aromatic carbocycles. The molecule has 17 heavy (non-hydrogen) atoms. The fraction of sp³-hybridized carbons (Fsp3) is 0.923. The number of aliphatic carboxylic acids is 1. The first kappa shape index (κ1) is 12.8. The van der Waals surface area contributed by atoms with Crippen LogP contribution in [0.25, 0.3) is 0 Å². The highest BCUT2D eigenvalue weighted by Crippen LogP contribution is 2.30. The first-order valence-electron chi connectivity index (χ1n) is 6.77. The number of hydrogen-bond donors (Lipinski definition) is 2. The summed E-state index contributed by atoms with van der Waals surface area (Å²) in [6, 6.07) is 0.427. The maximum atomic E-state index is 11.4. The van der Waals surface area contributed by atoms with Crippen LogP contribution in [0.15, 0.2) is 0 Å². The topological polar surface area (TPSA) is 52.6 Å². The van der Waals surface area contributed by atoms with Gasteiger partial charge in [0, 0.05) is 19.1 Å². The monoisotopic (exact) mass is 240 g/mol. The van der Waals surface area contributed by atoms with Crippen molar-refractivity contribution in [2.75, 3.05) is 19.6 Å². The SMILES string of the molecule is CCN(CC1CC1)CC(C)(NC1CC1)C(=O)O. The lowest BCUT2D eigenvalue weighted by atomic mass is 10.0. The van der Waals surface area contributed by atoms with E-state index in [1.54, 1.807) is 0 Å². The second-order valence-corrected chi connectivity index (χ2v) is 5.83. The number of rotatable bonds is 8. The molecule has 0 heterocycles. The van der Waals surface area contributed by atoms with Crippen LogP contribution in [0.5, 0.6) is 0 Å². The molecule has 2 saturated carbocycles. The standard InChI is InChI=1S/C13H24N2O2/c1-3-15(8-10-4-5-10)9-13(2,12(16)17)14-11-6-7-11/h10-11,14H,3-9H2,1-2H3,(H,16,17). The second-order valence-electron chi connectivity index (χ2n) is 5.83. The van der Waals surface area contributed by atoms with Crippen molar-refractivity contribution in [1.82, 2.24) is 10.2 Å². The number of likely N-dealkylation sites (N-methyl/N-ethyl adjacent to an activating group) is 1. The van der Waals surface area contributed by atoms with Gasteiger partial charge in [0.2, 0.25) is 0 Å². The van der Waals surface area contributed by atoms with E-state index in [1.807, 2.05) is 6.92 Å². The normalized spacial score (nSPS) is 23.7. The Morgan fingerprint density at radius 2 is 2.06 bits per heavy atom. The molecule has 2 aliphatic rings. The predicted octanol–water partition coefficient (Wildman–Crippen LogP) is 1.31. The van der Waals surface area contributed by atoms with E-state index in [4.69, 9.17) is 0 Å². The Morgan fingerprint density at radius 3 is 2.47 bits per heavy atom. The third-order valence-electron chi connectivity index (χ3n) is 3.77. The quantitative estimate of drug-likeness (QED) is 0.672. The van der Waals surface area contributed by atoms with Crippen molar-refractivity contribution in [3.8, 4) is 0 Å². The van der Waals surface area contributed by atoms with E-state index in [2.05, 4.69) is 17.1 Å². The fourth-order valence-corrected chi connectivity index (χ4v) is 2.27. The molecule has 2 rings (SSSR count). The molecule has 1 unspecified atom stereocenters. The third kappa shape index (κ3) is 3.68. The van der Waals surface area contributed by atoms with Crippen LogP contribution >= 0.6 is 0 Å². The summed E-state index contributed by atoms with van der Waals surface area (Å²) in [5.41, 5.74) is -0.786. The van der Waals surface area contributed by atoms with Crippen LogP contribution in [0.3, 0.4) is 0 Å². The number of nitrogens with zero attached hydrogens (tertiary/aromatic N) is 1. The summed E-state index contributed by atoms with van der Waals surface area (Å²) in [5.74, 6) is 0.0903. The minimum atomic E-state index is -0.786. The van der Waals surface area contributed by atoms with Crippen LogP contribution < -0.4 is 5.32 Å². The molecule has 98 valence electrons. The molecule has 0 spiro atoms. The van der Waals surface area contributed by atoms with Crippen LogP contribution in [0.2, 0.25) is 0 Å². The Balaban J connectivity index is 1.90. The number of carbonyl (C=O) groups is 1. The lowest BCUT2D eigenvalue weighted by Gasteiger charge is -2.32. The molecule has 2 aliphatic carbocycles. The van der Waals surface area contributed by atoms with Gasteiger partial charge in [-0.2, -0.15) is 0 Å². The van der Waals surface area contributed by atoms with E-state index < -0.39 is 11.5 Å². The summed E-state index contributed by atoms with van der Waals surface area (Å²) in [6.07, 6.45) is 4.88. The highest BCUT2D eigenvalue weighted by molar-refractivity contribution is 5.78. The number of carboxylic acid groups (broad SMARTS) is 1. The van der Waals surface area contributed by atoms with Crippen LogP contribution in [0.1, 0.15) is 39.5 Å². The van der Waals surface area contributed by atoms with Crippen molar-refractivity contribution in [3.63, 3.8) is 0 Å². The summed E-state index contributed by atoms with van der Waals surface area (Å²) in [6.45, 7) is 6.55. The van der Waals surface area contributed by atoms with Gasteiger partial charge in [-0.15, -0.1) is 0 Å². The Labute approximate surface area is 103 Å². The van der Waals surface area contributed by atoms with Gasteiger partial charge in [0.05, 0.1) is 0 Å². The van der Waals surface area contributed by atoms with E-state index in [-0.39, 0.29) is 0 Å².